The van der Waals surface area contributed by atoms with Gasteiger partial charge in [-0.1, -0.05) is 13.8 Å². The van der Waals surface area contributed by atoms with Crippen LogP contribution >= 0.6 is 0 Å². The minimum absolute atomic E-state index is 0.0108. The fourth-order valence-electron chi connectivity index (χ4n) is 0.653. The molecule has 0 aromatic rings. The Bertz CT molecular complexity index is 183. The predicted molar refractivity (Wildman–Crippen MR) is 55.4 cm³/mol. The quantitative estimate of drug-likeness (QED) is 0.631. The lowest BCUT2D eigenvalue weighted by Gasteiger charge is -2.12. The van der Waals surface area contributed by atoms with Crippen LogP contribution in [-0.4, -0.2) is 11.8 Å². The zero-order valence-electron chi connectivity index (χ0n) is 8.76. The summed E-state index contributed by atoms with van der Waals surface area (Å²) in [5.41, 5.74) is 6.53. The maximum Gasteiger partial charge on any atom is 0.0524 e. The van der Waals surface area contributed by atoms with Crippen LogP contribution in [-0.2, 0) is 0 Å². The van der Waals surface area contributed by atoms with Crippen molar-refractivity contribution in [3.8, 4) is 0 Å². The maximum atomic E-state index is 5.45. The first-order valence-electron chi connectivity index (χ1n) is 4.34. The van der Waals surface area contributed by atoms with Crippen molar-refractivity contribution >= 4 is 6.21 Å². The van der Waals surface area contributed by atoms with E-state index in [0.29, 0.717) is 5.92 Å². The highest BCUT2D eigenvalue weighted by Gasteiger charge is 2.06. The monoisotopic (exact) mass is 168 g/mol. The standard InChI is InChI=1S/C10H20N2/c1-8(2)9(6-11)7-12-10(3,4)5/h6-8H,11H2,1-5H3. The number of nitrogens with two attached hydrogens (primary N) is 1. The average Bonchev–Trinajstić information content (AvgIpc) is 1.85. The van der Waals surface area contributed by atoms with Crippen LogP contribution in [0.1, 0.15) is 34.6 Å². The molecule has 0 heterocycles. The van der Waals surface area contributed by atoms with E-state index in [2.05, 4.69) is 39.6 Å². The minimum Gasteiger partial charge on any atom is -0.404 e. The van der Waals surface area contributed by atoms with Crippen molar-refractivity contribution in [3.63, 3.8) is 0 Å². The lowest BCUT2D eigenvalue weighted by Crippen LogP contribution is -2.11. The highest BCUT2D eigenvalue weighted by atomic mass is 14.8. The van der Waals surface area contributed by atoms with Gasteiger partial charge < -0.3 is 5.73 Å². The largest absolute Gasteiger partial charge is 0.404 e. The number of rotatable bonds is 2. The Morgan fingerprint density at radius 2 is 1.83 bits per heavy atom. The van der Waals surface area contributed by atoms with E-state index in [1.807, 2.05) is 6.21 Å². The molecular formula is C10H20N2. The van der Waals surface area contributed by atoms with Crippen LogP contribution in [0.15, 0.2) is 16.8 Å². The average molecular weight is 168 g/mol. The Morgan fingerprint density at radius 1 is 1.33 bits per heavy atom. The predicted octanol–water partition coefficient (Wildman–Crippen LogP) is 2.35. The van der Waals surface area contributed by atoms with Gasteiger partial charge in [0.15, 0.2) is 0 Å². The highest BCUT2D eigenvalue weighted by Crippen LogP contribution is 2.09. The topological polar surface area (TPSA) is 38.4 Å². The molecule has 0 atom stereocenters. The number of allylic oxidation sites excluding steroid dienone is 1. The van der Waals surface area contributed by atoms with E-state index in [1.54, 1.807) is 6.20 Å². The van der Waals surface area contributed by atoms with Gasteiger partial charge in [-0.3, -0.25) is 4.99 Å². The van der Waals surface area contributed by atoms with E-state index >= 15 is 0 Å². The Kier molecular flexibility index (Phi) is 4.01. The van der Waals surface area contributed by atoms with Crippen molar-refractivity contribution in [2.75, 3.05) is 0 Å². The molecule has 0 bridgehead atoms. The molecule has 0 aromatic carbocycles. The lowest BCUT2D eigenvalue weighted by atomic mass is 10.1. The maximum absolute atomic E-state index is 5.45. The fraction of sp³-hybridized carbons (Fsp3) is 0.700. The van der Waals surface area contributed by atoms with Crippen molar-refractivity contribution in [2.24, 2.45) is 16.6 Å². The fourth-order valence-corrected chi connectivity index (χ4v) is 0.653. The Morgan fingerprint density at radius 3 is 2.08 bits per heavy atom. The number of hydrogen-bond acceptors (Lipinski definition) is 2. The summed E-state index contributed by atoms with van der Waals surface area (Å²) in [7, 11) is 0. The van der Waals surface area contributed by atoms with Crippen LogP contribution in [0.3, 0.4) is 0 Å². The summed E-state index contributed by atoms with van der Waals surface area (Å²) >= 11 is 0. The molecule has 2 nitrogen and oxygen atoms in total. The summed E-state index contributed by atoms with van der Waals surface area (Å²) < 4.78 is 0. The minimum atomic E-state index is -0.0108. The molecule has 0 saturated heterocycles. The van der Waals surface area contributed by atoms with Crippen LogP contribution in [0.4, 0.5) is 0 Å². The number of aliphatic imine (C=N–C) groups is 1. The number of hydrogen-bond donors (Lipinski definition) is 1. The third kappa shape index (κ3) is 4.94. The third-order valence-corrected chi connectivity index (χ3v) is 1.46. The van der Waals surface area contributed by atoms with Crippen molar-refractivity contribution in [2.45, 2.75) is 40.2 Å². The second-order valence-corrected chi connectivity index (χ2v) is 4.25. The molecule has 70 valence electrons. The van der Waals surface area contributed by atoms with E-state index < -0.39 is 0 Å². The summed E-state index contributed by atoms with van der Waals surface area (Å²) in [5, 5.41) is 0. The van der Waals surface area contributed by atoms with E-state index in [9.17, 15) is 0 Å². The molecule has 0 amide bonds. The SMILES string of the molecule is CC(C)C(C=NC(C)(C)C)=CN. The smallest absolute Gasteiger partial charge is 0.0524 e. The van der Waals surface area contributed by atoms with Gasteiger partial charge in [-0.05, 0) is 38.5 Å². The van der Waals surface area contributed by atoms with Gasteiger partial charge in [0.05, 0.1) is 5.54 Å². The molecule has 0 aliphatic heterocycles. The van der Waals surface area contributed by atoms with Gasteiger partial charge in [0.2, 0.25) is 0 Å². The molecule has 0 fully saturated rings. The molecule has 0 rings (SSSR count). The molecule has 0 aliphatic carbocycles. The van der Waals surface area contributed by atoms with Crippen LogP contribution in [0.2, 0.25) is 0 Å². The Labute approximate surface area is 75.6 Å². The molecule has 0 aromatic heterocycles. The highest BCUT2D eigenvalue weighted by molar-refractivity contribution is 5.79. The van der Waals surface area contributed by atoms with Gasteiger partial charge >= 0.3 is 0 Å². The first kappa shape index (κ1) is 11.2. The van der Waals surface area contributed by atoms with Gasteiger partial charge in [-0.2, -0.15) is 0 Å². The molecule has 0 saturated carbocycles. The van der Waals surface area contributed by atoms with E-state index in [4.69, 9.17) is 5.73 Å². The molecule has 0 aliphatic rings. The van der Waals surface area contributed by atoms with Crippen LogP contribution in [0.25, 0.3) is 0 Å². The van der Waals surface area contributed by atoms with Crippen LogP contribution in [0.5, 0.6) is 0 Å². The summed E-state index contributed by atoms with van der Waals surface area (Å²) in [5.74, 6) is 0.445. The third-order valence-electron chi connectivity index (χ3n) is 1.46. The molecule has 2 heteroatoms. The van der Waals surface area contributed by atoms with Crippen LogP contribution in [0, 0.1) is 5.92 Å². The zero-order chi connectivity index (χ0) is 9.78. The van der Waals surface area contributed by atoms with Crippen molar-refractivity contribution in [3.05, 3.63) is 11.8 Å². The molecule has 0 radical (unpaired) electrons. The molecular weight excluding hydrogens is 148 g/mol. The lowest BCUT2D eigenvalue weighted by molar-refractivity contribution is 0.585. The van der Waals surface area contributed by atoms with E-state index in [0.717, 1.165) is 5.57 Å². The second kappa shape index (κ2) is 4.29. The zero-order valence-corrected chi connectivity index (χ0v) is 8.76. The van der Waals surface area contributed by atoms with E-state index in [-0.39, 0.29) is 5.54 Å². The van der Waals surface area contributed by atoms with Gasteiger partial charge in [0, 0.05) is 6.21 Å². The van der Waals surface area contributed by atoms with Gasteiger partial charge in [0.1, 0.15) is 0 Å². The van der Waals surface area contributed by atoms with Crippen molar-refractivity contribution < 1.29 is 0 Å². The molecule has 12 heavy (non-hydrogen) atoms. The molecule has 0 spiro atoms. The summed E-state index contributed by atoms with van der Waals surface area (Å²) in [6, 6.07) is 0. The Hall–Kier alpha value is -0.790. The Balaban J connectivity index is 4.33. The summed E-state index contributed by atoms with van der Waals surface area (Å²) in [4.78, 5) is 4.38. The summed E-state index contributed by atoms with van der Waals surface area (Å²) in [6.07, 6.45) is 3.49. The first-order valence-corrected chi connectivity index (χ1v) is 4.34. The normalized spacial score (nSPS) is 14.7. The second-order valence-electron chi connectivity index (χ2n) is 4.25. The first-order chi connectivity index (χ1) is 5.37. The molecule has 0 unspecified atom stereocenters. The molecule has 2 N–H and O–H groups in total. The van der Waals surface area contributed by atoms with Crippen LogP contribution < -0.4 is 5.73 Å². The van der Waals surface area contributed by atoms with Gasteiger partial charge in [-0.15, -0.1) is 0 Å². The van der Waals surface area contributed by atoms with Gasteiger partial charge in [-0.25, -0.2) is 0 Å². The van der Waals surface area contributed by atoms with Crippen molar-refractivity contribution in [1.82, 2.24) is 0 Å². The van der Waals surface area contributed by atoms with Crippen molar-refractivity contribution in [1.29, 1.82) is 0 Å². The van der Waals surface area contributed by atoms with E-state index in [1.165, 1.54) is 0 Å². The number of nitrogens with zero attached hydrogens (tertiary/aromatic N) is 1. The summed E-state index contributed by atoms with van der Waals surface area (Å²) in [6.45, 7) is 10.4. The van der Waals surface area contributed by atoms with Gasteiger partial charge in [0.25, 0.3) is 0 Å².